The number of hydrogen-bond donors (Lipinski definition) is 3. The van der Waals surface area contributed by atoms with Gasteiger partial charge in [0.25, 0.3) is 0 Å². The first kappa shape index (κ1) is 12.8. The molecular weight excluding hydrogens is 235 g/mol. The summed E-state index contributed by atoms with van der Waals surface area (Å²) >= 11 is 0. The second-order valence-electron chi connectivity index (χ2n) is 4.95. The number of nitrogens with one attached hydrogen (secondary N) is 2. The molecule has 98 valence electrons. The maximum absolute atomic E-state index is 13.5. The topological polar surface area (TPSA) is 61.4 Å². The van der Waals surface area contributed by atoms with Crippen LogP contribution in [0.15, 0.2) is 18.2 Å². The molecule has 0 aliphatic heterocycles. The lowest BCUT2D eigenvalue weighted by atomic mass is 10.1. The Kier molecular flexibility index (Phi) is 3.52. The second kappa shape index (κ2) is 4.94. The van der Waals surface area contributed by atoms with Crippen molar-refractivity contribution in [1.82, 2.24) is 5.32 Å². The Hall–Kier alpha value is -1.62. The number of hydrogen-bond acceptors (Lipinski definition) is 2. The predicted molar refractivity (Wildman–Crippen MR) is 66.9 cm³/mol. The molecule has 4 nitrogen and oxygen atoms in total. The van der Waals surface area contributed by atoms with Gasteiger partial charge in [0.2, 0.25) is 0 Å². The molecule has 1 aliphatic rings. The molecule has 0 radical (unpaired) electrons. The fourth-order valence-corrected chi connectivity index (χ4v) is 1.72. The number of halogens is 1. The quantitative estimate of drug-likeness (QED) is 0.767. The fourth-order valence-electron chi connectivity index (χ4n) is 1.72. The van der Waals surface area contributed by atoms with Gasteiger partial charge < -0.3 is 15.7 Å². The van der Waals surface area contributed by atoms with Gasteiger partial charge >= 0.3 is 6.03 Å². The number of aliphatic hydroxyl groups excluding tert-OH is 1. The van der Waals surface area contributed by atoms with E-state index in [4.69, 9.17) is 5.11 Å². The Morgan fingerprint density at radius 1 is 1.50 bits per heavy atom. The fraction of sp³-hybridized carbons (Fsp3) is 0.462. The molecule has 0 saturated heterocycles. The van der Waals surface area contributed by atoms with E-state index in [9.17, 15) is 9.18 Å². The van der Waals surface area contributed by atoms with E-state index < -0.39 is 11.8 Å². The number of aliphatic hydroxyl groups is 1. The van der Waals surface area contributed by atoms with Crippen LogP contribution in [-0.4, -0.2) is 24.3 Å². The van der Waals surface area contributed by atoms with E-state index in [1.165, 1.54) is 12.1 Å². The zero-order valence-electron chi connectivity index (χ0n) is 10.3. The molecule has 2 amide bonds. The van der Waals surface area contributed by atoms with E-state index in [1.807, 2.05) is 0 Å². The number of carbonyl (C=O) groups is 1. The molecule has 0 spiro atoms. The highest BCUT2D eigenvalue weighted by Gasteiger charge is 2.42. The Bertz CT molecular complexity index is 458. The van der Waals surface area contributed by atoms with Crippen molar-refractivity contribution in [3.8, 4) is 0 Å². The van der Waals surface area contributed by atoms with Gasteiger partial charge in [-0.2, -0.15) is 0 Å². The van der Waals surface area contributed by atoms with E-state index in [-0.39, 0.29) is 17.7 Å². The molecule has 2 rings (SSSR count). The highest BCUT2D eigenvalue weighted by molar-refractivity contribution is 5.89. The van der Waals surface area contributed by atoms with Crippen molar-refractivity contribution in [3.05, 3.63) is 29.6 Å². The number of amides is 2. The molecule has 18 heavy (non-hydrogen) atoms. The van der Waals surface area contributed by atoms with E-state index >= 15 is 0 Å². The van der Waals surface area contributed by atoms with E-state index in [0.717, 1.165) is 18.4 Å². The molecule has 3 N–H and O–H groups in total. The smallest absolute Gasteiger partial charge is 0.319 e. The van der Waals surface area contributed by atoms with Crippen LogP contribution in [0.3, 0.4) is 0 Å². The summed E-state index contributed by atoms with van der Waals surface area (Å²) in [6.07, 6.45) is 1.84. The summed E-state index contributed by atoms with van der Waals surface area (Å²) < 4.78 is 13.5. The summed E-state index contributed by atoms with van der Waals surface area (Å²) in [5.41, 5.74) is 0.811. The van der Waals surface area contributed by atoms with Gasteiger partial charge in [0, 0.05) is 12.0 Å². The van der Waals surface area contributed by atoms with Crippen molar-refractivity contribution in [1.29, 1.82) is 0 Å². The van der Waals surface area contributed by atoms with Gasteiger partial charge in [-0.05, 0) is 37.5 Å². The summed E-state index contributed by atoms with van der Waals surface area (Å²) in [5.74, 6) is -0.451. The maximum atomic E-state index is 13.5. The van der Waals surface area contributed by atoms with Crippen LogP contribution in [0.4, 0.5) is 14.9 Å². The van der Waals surface area contributed by atoms with Crippen LogP contribution >= 0.6 is 0 Å². The van der Waals surface area contributed by atoms with Crippen molar-refractivity contribution < 1.29 is 14.3 Å². The number of benzene rings is 1. The monoisotopic (exact) mass is 252 g/mol. The predicted octanol–water partition coefficient (Wildman–Crippen LogP) is 2.03. The lowest BCUT2D eigenvalue weighted by molar-refractivity contribution is 0.206. The van der Waals surface area contributed by atoms with Crippen LogP contribution in [0.25, 0.3) is 0 Å². The van der Waals surface area contributed by atoms with Gasteiger partial charge in [0.05, 0.1) is 12.3 Å². The van der Waals surface area contributed by atoms with Crippen LogP contribution in [-0.2, 0) is 0 Å². The van der Waals surface area contributed by atoms with Gasteiger partial charge in [-0.15, -0.1) is 0 Å². The van der Waals surface area contributed by atoms with Crippen molar-refractivity contribution in [3.63, 3.8) is 0 Å². The molecule has 0 unspecified atom stereocenters. The lowest BCUT2D eigenvalue weighted by Crippen LogP contribution is -2.35. The highest BCUT2D eigenvalue weighted by atomic mass is 19.1. The minimum Gasteiger partial charge on any atom is -0.396 e. The van der Waals surface area contributed by atoms with Crippen LogP contribution < -0.4 is 10.6 Å². The average molecular weight is 252 g/mol. The zero-order chi connectivity index (χ0) is 13.2. The summed E-state index contributed by atoms with van der Waals surface area (Å²) in [4.78, 5) is 11.6. The minimum atomic E-state index is -0.451. The molecule has 1 saturated carbocycles. The third kappa shape index (κ3) is 2.98. The maximum Gasteiger partial charge on any atom is 0.319 e. The molecule has 1 fully saturated rings. The normalized spacial score (nSPS) is 16.2. The van der Waals surface area contributed by atoms with E-state index in [1.54, 1.807) is 13.0 Å². The molecule has 1 aromatic rings. The van der Waals surface area contributed by atoms with Gasteiger partial charge in [0.1, 0.15) is 5.82 Å². The molecule has 0 aromatic heterocycles. The van der Waals surface area contributed by atoms with E-state index in [0.29, 0.717) is 6.54 Å². The summed E-state index contributed by atoms with van der Waals surface area (Å²) in [6, 6.07) is 4.18. The number of carbonyl (C=O) groups excluding carboxylic acids is 1. The van der Waals surface area contributed by atoms with Gasteiger partial charge in [-0.1, -0.05) is 6.07 Å². The first-order chi connectivity index (χ1) is 8.54. The minimum absolute atomic E-state index is 0.0756. The summed E-state index contributed by atoms with van der Waals surface area (Å²) in [5, 5.41) is 14.2. The number of rotatable bonds is 4. The Morgan fingerprint density at radius 3 is 2.78 bits per heavy atom. The van der Waals surface area contributed by atoms with Gasteiger partial charge in [-0.3, -0.25) is 0 Å². The van der Waals surface area contributed by atoms with Gasteiger partial charge in [0.15, 0.2) is 0 Å². The molecule has 5 heteroatoms. The number of anilines is 1. The van der Waals surface area contributed by atoms with Crippen molar-refractivity contribution in [2.24, 2.45) is 5.41 Å². The molecule has 1 aromatic carbocycles. The Balaban J connectivity index is 1.87. The Morgan fingerprint density at radius 2 is 2.22 bits per heavy atom. The van der Waals surface area contributed by atoms with Crippen LogP contribution in [0.2, 0.25) is 0 Å². The van der Waals surface area contributed by atoms with Gasteiger partial charge in [-0.25, -0.2) is 9.18 Å². The van der Waals surface area contributed by atoms with Crippen molar-refractivity contribution in [2.45, 2.75) is 19.8 Å². The van der Waals surface area contributed by atoms with E-state index in [2.05, 4.69) is 10.6 Å². The van der Waals surface area contributed by atoms with Crippen LogP contribution in [0.1, 0.15) is 18.4 Å². The van der Waals surface area contributed by atoms with Crippen LogP contribution in [0.5, 0.6) is 0 Å². The largest absolute Gasteiger partial charge is 0.396 e. The summed E-state index contributed by atoms with van der Waals surface area (Å²) in [6.45, 7) is 2.28. The first-order valence-electron chi connectivity index (χ1n) is 5.97. The van der Waals surface area contributed by atoms with Crippen molar-refractivity contribution in [2.75, 3.05) is 18.5 Å². The Labute approximate surface area is 105 Å². The standard InChI is InChI=1S/C13H17FN2O2/c1-9-2-3-11(10(14)6-9)16-12(18)15-7-13(8-17)4-5-13/h2-3,6,17H,4-5,7-8H2,1H3,(H2,15,16,18). The first-order valence-corrected chi connectivity index (χ1v) is 5.97. The molecule has 0 atom stereocenters. The molecular formula is C13H17FN2O2. The molecule has 0 heterocycles. The third-order valence-electron chi connectivity index (χ3n) is 3.29. The number of urea groups is 1. The SMILES string of the molecule is Cc1ccc(NC(=O)NCC2(CO)CC2)c(F)c1. The zero-order valence-corrected chi connectivity index (χ0v) is 10.3. The molecule has 1 aliphatic carbocycles. The lowest BCUT2D eigenvalue weighted by Gasteiger charge is -2.13. The average Bonchev–Trinajstić information content (AvgIpc) is 3.11. The number of aryl methyl sites for hydroxylation is 1. The summed E-state index contributed by atoms with van der Waals surface area (Å²) in [7, 11) is 0. The second-order valence-corrected chi connectivity index (χ2v) is 4.95. The molecule has 0 bridgehead atoms. The van der Waals surface area contributed by atoms with Crippen molar-refractivity contribution >= 4 is 11.7 Å². The highest BCUT2D eigenvalue weighted by Crippen LogP contribution is 2.44. The third-order valence-corrected chi connectivity index (χ3v) is 3.29. The van der Waals surface area contributed by atoms with Crippen LogP contribution in [0, 0.1) is 18.2 Å².